The molecular weight excluding hydrogens is 286 g/mol. The molecule has 0 spiro atoms. The molecule has 2 aromatic carbocycles. The number of ketones is 1. The third kappa shape index (κ3) is 2.64. The molecule has 0 fully saturated rings. The molecule has 112 valence electrons. The van der Waals surface area contributed by atoms with Gasteiger partial charge < -0.3 is 4.74 Å². The summed E-state index contributed by atoms with van der Waals surface area (Å²) in [5.74, 6) is -1.37. The number of para-hydroxylation sites is 1. The van der Waals surface area contributed by atoms with Crippen LogP contribution in [0.5, 0.6) is 5.75 Å². The van der Waals surface area contributed by atoms with E-state index in [0.29, 0.717) is 35.5 Å². The minimum Gasteiger partial charge on any atom is -0.492 e. The predicted molar refractivity (Wildman–Crippen MR) is 80.0 cm³/mol. The highest BCUT2D eigenvalue weighted by Gasteiger charge is 2.22. The number of hydrogen-bond donors (Lipinski definition) is 0. The number of ether oxygens (including phenoxy) is 1. The van der Waals surface area contributed by atoms with E-state index in [1.165, 1.54) is 6.07 Å². The van der Waals surface area contributed by atoms with Gasteiger partial charge in [0, 0.05) is 12.0 Å². The maximum Gasteiger partial charge on any atom is 0.192 e. The number of hydrogen-bond acceptors (Lipinski definition) is 2. The largest absolute Gasteiger partial charge is 0.492 e. The number of halogens is 2. The highest BCUT2D eigenvalue weighted by Crippen LogP contribution is 2.30. The summed E-state index contributed by atoms with van der Waals surface area (Å²) in [6, 6.07) is 8.98. The van der Waals surface area contributed by atoms with Gasteiger partial charge in [-0.2, -0.15) is 0 Å². The first-order valence-electron chi connectivity index (χ1n) is 6.99. The van der Waals surface area contributed by atoms with E-state index in [1.54, 1.807) is 18.2 Å². The Labute approximate surface area is 127 Å². The Kier molecular flexibility index (Phi) is 3.75. The van der Waals surface area contributed by atoms with Crippen LogP contribution >= 0.6 is 0 Å². The van der Waals surface area contributed by atoms with E-state index in [4.69, 9.17) is 4.74 Å². The molecule has 3 rings (SSSR count). The van der Waals surface area contributed by atoms with E-state index in [9.17, 15) is 13.6 Å². The fourth-order valence-electron chi connectivity index (χ4n) is 2.51. The van der Waals surface area contributed by atoms with Crippen LogP contribution in [0, 0.1) is 18.6 Å². The number of fused-ring (bicyclic) bond motifs is 1. The van der Waals surface area contributed by atoms with Crippen LogP contribution in [0.4, 0.5) is 8.78 Å². The third-order valence-electron chi connectivity index (χ3n) is 3.65. The van der Waals surface area contributed by atoms with Gasteiger partial charge in [-0.3, -0.25) is 4.79 Å². The van der Waals surface area contributed by atoms with Gasteiger partial charge in [-0.15, -0.1) is 0 Å². The molecule has 0 saturated carbocycles. The van der Waals surface area contributed by atoms with Gasteiger partial charge in [0.25, 0.3) is 0 Å². The second-order valence-electron chi connectivity index (χ2n) is 5.22. The van der Waals surface area contributed by atoms with Crippen molar-refractivity contribution >= 4 is 11.9 Å². The van der Waals surface area contributed by atoms with Crippen molar-refractivity contribution in [1.29, 1.82) is 0 Å². The van der Waals surface area contributed by atoms with E-state index < -0.39 is 11.6 Å². The topological polar surface area (TPSA) is 26.3 Å². The van der Waals surface area contributed by atoms with Gasteiger partial charge in [-0.1, -0.05) is 18.2 Å². The summed E-state index contributed by atoms with van der Waals surface area (Å²) in [6.07, 6.45) is 2.01. The lowest BCUT2D eigenvalue weighted by Crippen LogP contribution is -2.02. The lowest BCUT2D eigenvalue weighted by Gasteiger charge is -2.08. The second kappa shape index (κ2) is 5.72. The molecule has 0 bridgehead atoms. The molecule has 4 heteroatoms. The first kappa shape index (κ1) is 14.4. The summed E-state index contributed by atoms with van der Waals surface area (Å²) in [5, 5.41) is 0. The number of rotatable bonds is 1. The summed E-state index contributed by atoms with van der Waals surface area (Å²) in [7, 11) is 0. The average Bonchev–Trinajstić information content (AvgIpc) is 2.65. The van der Waals surface area contributed by atoms with Crippen LogP contribution in [0.3, 0.4) is 0 Å². The van der Waals surface area contributed by atoms with Gasteiger partial charge in [0.05, 0.1) is 12.2 Å². The van der Waals surface area contributed by atoms with E-state index in [-0.39, 0.29) is 5.78 Å². The van der Waals surface area contributed by atoms with Crippen molar-refractivity contribution in [3.63, 3.8) is 0 Å². The Morgan fingerprint density at radius 1 is 1.14 bits per heavy atom. The minimum absolute atomic E-state index is 0.138. The Bertz CT molecular complexity index is 779. The molecular formula is C18H14F2O2. The van der Waals surface area contributed by atoms with E-state index in [0.717, 1.165) is 17.7 Å². The standard InChI is InChI=1S/C18H14F2O2/c1-11-3-2-4-14-17(21)13(7-8-22-18(11)14)9-12-5-6-15(19)16(20)10-12/h2-6,9-10H,7-8H2,1H3/b13-9-. The van der Waals surface area contributed by atoms with Crippen molar-refractivity contribution in [2.45, 2.75) is 13.3 Å². The highest BCUT2D eigenvalue weighted by atomic mass is 19.2. The van der Waals surface area contributed by atoms with E-state index in [1.807, 2.05) is 13.0 Å². The van der Waals surface area contributed by atoms with Crippen LogP contribution in [-0.4, -0.2) is 12.4 Å². The molecule has 2 nitrogen and oxygen atoms in total. The van der Waals surface area contributed by atoms with Crippen LogP contribution in [0.1, 0.15) is 27.9 Å². The molecule has 22 heavy (non-hydrogen) atoms. The van der Waals surface area contributed by atoms with Gasteiger partial charge in [-0.05, 0) is 42.3 Å². The minimum atomic E-state index is -0.928. The number of carbonyl (C=O) groups is 1. The second-order valence-corrected chi connectivity index (χ2v) is 5.22. The van der Waals surface area contributed by atoms with Gasteiger partial charge in [-0.25, -0.2) is 8.78 Å². The molecule has 0 aliphatic carbocycles. The molecule has 1 heterocycles. The lowest BCUT2D eigenvalue weighted by molar-refractivity contribution is 0.103. The van der Waals surface area contributed by atoms with Crippen molar-refractivity contribution < 1.29 is 18.3 Å². The molecule has 1 aliphatic rings. The Hall–Kier alpha value is -2.49. The summed E-state index contributed by atoms with van der Waals surface area (Å²) in [6.45, 7) is 2.26. The zero-order valence-corrected chi connectivity index (χ0v) is 12.0. The molecule has 0 unspecified atom stereocenters. The maximum atomic E-state index is 13.3. The Morgan fingerprint density at radius 2 is 1.95 bits per heavy atom. The lowest BCUT2D eigenvalue weighted by atomic mass is 9.98. The monoisotopic (exact) mass is 300 g/mol. The highest BCUT2D eigenvalue weighted by molar-refractivity contribution is 6.13. The summed E-state index contributed by atoms with van der Waals surface area (Å²) < 4.78 is 31.9. The summed E-state index contributed by atoms with van der Waals surface area (Å²) >= 11 is 0. The normalized spacial score (nSPS) is 16.1. The van der Waals surface area contributed by atoms with Crippen molar-refractivity contribution in [2.75, 3.05) is 6.61 Å². The van der Waals surface area contributed by atoms with Gasteiger partial charge in [0.15, 0.2) is 17.4 Å². The Morgan fingerprint density at radius 3 is 2.73 bits per heavy atom. The van der Waals surface area contributed by atoms with Gasteiger partial charge in [0.1, 0.15) is 5.75 Å². The van der Waals surface area contributed by atoms with Crippen molar-refractivity contribution in [3.05, 3.63) is 70.3 Å². The third-order valence-corrected chi connectivity index (χ3v) is 3.65. The smallest absolute Gasteiger partial charge is 0.192 e. The summed E-state index contributed by atoms with van der Waals surface area (Å²) in [4.78, 5) is 12.6. The fourth-order valence-corrected chi connectivity index (χ4v) is 2.51. The van der Waals surface area contributed by atoms with E-state index >= 15 is 0 Å². The quantitative estimate of drug-likeness (QED) is 0.733. The zero-order chi connectivity index (χ0) is 15.7. The van der Waals surface area contributed by atoms with Crippen LogP contribution in [-0.2, 0) is 0 Å². The van der Waals surface area contributed by atoms with Crippen LogP contribution in [0.2, 0.25) is 0 Å². The average molecular weight is 300 g/mol. The van der Waals surface area contributed by atoms with Crippen molar-refractivity contribution in [3.8, 4) is 5.75 Å². The van der Waals surface area contributed by atoms with Gasteiger partial charge in [0.2, 0.25) is 0 Å². The van der Waals surface area contributed by atoms with Gasteiger partial charge >= 0.3 is 0 Å². The van der Waals surface area contributed by atoms with E-state index in [2.05, 4.69) is 0 Å². The zero-order valence-electron chi connectivity index (χ0n) is 12.0. The van der Waals surface area contributed by atoms with Crippen molar-refractivity contribution in [1.82, 2.24) is 0 Å². The molecule has 0 amide bonds. The van der Waals surface area contributed by atoms with Crippen LogP contribution in [0.15, 0.2) is 42.0 Å². The van der Waals surface area contributed by atoms with Crippen LogP contribution < -0.4 is 4.74 Å². The molecule has 0 N–H and O–H groups in total. The SMILES string of the molecule is Cc1cccc2c1OCC/C(=C/c1ccc(F)c(F)c1)C2=O. The first-order valence-corrected chi connectivity index (χ1v) is 6.99. The summed E-state index contributed by atoms with van der Waals surface area (Å²) in [5.41, 5.74) is 2.39. The molecule has 2 aromatic rings. The number of Topliss-reactive ketones (excluding diaryl/α,β-unsaturated/α-hetero) is 1. The fraction of sp³-hybridized carbons (Fsp3) is 0.167. The maximum absolute atomic E-state index is 13.3. The molecule has 0 atom stereocenters. The molecule has 0 radical (unpaired) electrons. The predicted octanol–water partition coefficient (Wildman–Crippen LogP) is 4.32. The number of carbonyl (C=O) groups excluding carboxylic acids is 1. The first-order chi connectivity index (χ1) is 10.6. The Balaban J connectivity index is 2.02. The van der Waals surface area contributed by atoms with Crippen LogP contribution in [0.25, 0.3) is 6.08 Å². The molecule has 0 saturated heterocycles. The molecule has 1 aliphatic heterocycles. The number of aryl methyl sites for hydroxylation is 1. The molecule has 0 aromatic heterocycles. The van der Waals surface area contributed by atoms with Crippen molar-refractivity contribution in [2.24, 2.45) is 0 Å². The number of benzene rings is 2.